The Morgan fingerprint density at radius 2 is 1.35 bits per heavy atom. The van der Waals surface area contributed by atoms with E-state index in [0.29, 0.717) is 88.0 Å². The van der Waals surface area contributed by atoms with Crippen LogP contribution in [0.2, 0.25) is 0 Å². The lowest BCUT2D eigenvalue weighted by molar-refractivity contribution is -0.138. The van der Waals surface area contributed by atoms with Gasteiger partial charge in [0.2, 0.25) is 17.7 Å². The number of benzene rings is 1. The number of nitrogens with zero attached hydrogens (tertiary/aromatic N) is 8. The molecule has 89 heavy (non-hydrogen) atoms. The largest absolute Gasteiger partial charge is 0.481 e. The second-order valence-corrected chi connectivity index (χ2v) is 26.5. The third-order valence-corrected chi connectivity index (χ3v) is 19.6. The molecule has 10 bridgehead atoms. The summed E-state index contributed by atoms with van der Waals surface area (Å²) in [6, 6.07) is 9.29. The molecule has 0 fully saturated rings. The van der Waals surface area contributed by atoms with Crippen LogP contribution in [-0.2, 0) is 35.3 Å². The summed E-state index contributed by atoms with van der Waals surface area (Å²) in [6.45, 7) is 4.96. The molecule has 1 aromatic carbocycles. The molecular formula is C58H61N13O12S6. The number of carboxylic acid groups (broad SMARTS) is 2. The lowest BCUT2D eigenvalue weighted by atomic mass is 10.0. The zero-order valence-electron chi connectivity index (χ0n) is 48.6. The summed E-state index contributed by atoms with van der Waals surface area (Å²) < 4.78 is 5.45. The average Bonchev–Trinajstić information content (AvgIpc) is 2.89. The predicted octanol–water partition coefficient (Wildman–Crippen LogP) is 8.54. The minimum atomic E-state index is -1.30. The fourth-order valence-corrected chi connectivity index (χ4v) is 14.9. The van der Waals surface area contributed by atoms with E-state index in [4.69, 9.17) is 39.7 Å². The quantitative estimate of drug-likeness (QED) is 0.0351. The Bertz CT molecular complexity index is 3890. The molecule has 31 heteroatoms. The van der Waals surface area contributed by atoms with Crippen molar-refractivity contribution < 1.29 is 58.4 Å². The molecule has 0 spiro atoms. The smallest absolute Gasteiger partial charge is 0.303 e. The fraction of sp³-hybridized carbons (Fsp3) is 0.362. The van der Waals surface area contributed by atoms with Gasteiger partial charge in [-0.1, -0.05) is 50.6 Å². The summed E-state index contributed by atoms with van der Waals surface area (Å²) >= 11 is 7.03. The van der Waals surface area contributed by atoms with E-state index in [1.807, 2.05) is 13.8 Å². The van der Waals surface area contributed by atoms with E-state index < -0.39 is 72.2 Å². The topological polar surface area (TPSA) is 360 Å². The summed E-state index contributed by atoms with van der Waals surface area (Å²) in [6.07, 6.45) is -0.196. The van der Waals surface area contributed by atoms with Crippen molar-refractivity contribution in [2.75, 3.05) is 32.1 Å². The molecule has 6 amide bonds. The third-order valence-electron chi connectivity index (χ3n) is 13.9. The minimum Gasteiger partial charge on any atom is -0.481 e. The number of thiazole rings is 6. The summed E-state index contributed by atoms with van der Waals surface area (Å²) in [4.78, 5) is 142. The zero-order valence-corrected chi connectivity index (χ0v) is 53.5. The van der Waals surface area contributed by atoms with Gasteiger partial charge in [-0.25, -0.2) is 34.9 Å². The van der Waals surface area contributed by atoms with E-state index in [-0.39, 0.29) is 85.0 Å². The molecule has 4 atom stereocenters. The number of hydrogen-bond donors (Lipinski definition) is 8. The lowest BCUT2D eigenvalue weighted by Gasteiger charge is -2.23. The van der Waals surface area contributed by atoms with Crippen LogP contribution in [0.3, 0.4) is 0 Å². The molecule has 8 heterocycles. The number of pyridine rings is 1. The van der Waals surface area contributed by atoms with Gasteiger partial charge in [-0.2, -0.15) is 0 Å². The Balaban J connectivity index is 1.12. The van der Waals surface area contributed by atoms with Crippen LogP contribution in [0, 0.1) is 12.8 Å². The van der Waals surface area contributed by atoms with Gasteiger partial charge >= 0.3 is 11.9 Å². The van der Waals surface area contributed by atoms with Crippen LogP contribution in [0.15, 0.2) is 64.0 Å². The van der Waals surface area contributed by atoms with Gasteiger partial charge in [-0.15, -0.1) is 68.0 Å². The number of anilines is 1. The third kappa shape index (κ3) is 16.2. The number of aliphatic hydroxyl groups excluding tert-OH is 1. The molecule has 25 nitrogen and oxygen atoms in total. The number of aliphatic carboxylic acids is 2. The second-order valence-electron chi connectivity index (χ2n) is 20.6. The number of aliphatic hydroxyl groups is 1. The maximum absolute atomic E-state index is 14.4. The van der Waals surface area contributed by atoms with Crippen LogP contribution < -0.4 is 31.5 Å². The van der Waals surface area contributed by atoms with Gasteiger partial charge < -0.3 is 46.6 Å². The molecule has 8 N–H and O–H groups in total. The molecule has 1 aliphatic heterocycles. The molecule has 0 saturated carbocycles. The Morgan fingerprint density at radius 3 is 2.09 bits per heavy atom. The first kappa shape index (κ1) is 65.3. The Kier molecular flexibility index (Phi) is 21.9. The number of fused-ring (bicyclic) bond motifs is 14. The van der Waals surface area contributed by atoms with Gasteiger partial charge in [0.1, 0.15) is 82.2 Å². The Hall–Kier alpha value is -8.17. The highest BCUT2D eigenvalue weighted by molar-refractivity contribution is 7.15. The number of nitrogens with one attached hydrogen (secondary N) is 5. The van der Waals surface area contributed by atoms with Crippen molar-refractivity contribution in [3.8, 4) is 43.4 Å². The number of carbonyl (C=O) groups excluding carboxylic acids is 6. The maximum atomic E-state index is 14.4. The van der Waals surface area contributed by atoms with Crippen molar-refractivity contribution in [1.82, 2.24) is 61.5 Å². The SMILES string of the molecule is CNC(=O)C[C@@H]1NC(=O)c2csc(n2)-c2ccc(-c3nc(N(CCCC(=O)O)C(=O)CCCCCC(=O)O)cs3)nc2-c2csc(n2)-c2csc(n2)[C@H]([C@@H](O)c2ccccc2)NC(=O)CNC(=O)c2nc(sc2COC)C(C(C)C)NC(=O)c2nc1sc2C. The summed E-state index contributed by atoms with van der Waals surface area (Å²) in [5.41, 5.74) is 2.40. The Labute approximate surface area is 533 Å². The van der Waals surface area contributed by atoms with Gasteiger partial charge in [-0.3, -0.25) is 43.3 Å². The van der Waals surface area contributed by atoms with Crippen molar-refractivity contribution in [3.05, 3.63) is 111 Å². The monoisotopic (exact) mass is 1320 g/mol. The maximum Gasteiger partial charge on any atom is 0.303 e. The molecule has 1 unspecified atom stereocenters. The van der Waals surface area contributed by atoms with Gasteiger partial charge in [0, 0.05) is 71.9 Å². The molecule has 466 valence electrons. The summed E-state index contributed by atoms with van der Waals surface area (Å²) in [5, 5.41) is 53.4. The first-order valence-corrected chi connectivity index (χ1v) is 33.1. The fourth-order valence-electron chi connectivity index (χ4n) is 9.32. The molecule has 9 rings (SSSR count). The minimum absolute atomic E-state index is 0.00587. The number of hydrogen-bond acceptors (Lipinski definition) is 23. The number of rotatable bonds is 19. The highest BCUT2D eigenvalue weighted by Gasteiger charge is 2.33. The van der Waals surface area contributed by atoms with Crippen LogP contribution in [0.4, 0.5) is 5.82 Å². The van der Waals surface area contributed by atoms with E-state index in [2.05, 4.69) is 31.6 Å². The summed E-state index contributed by atoms with van der Waals surface area (Å²) in [7, 11) is 2.92. The normalized spacial score (nSPS) is 16.0. The number of carbonyl (C=O) groups is 8. The van der Waals surface area contributed by atoms with Crippen molar-refractivity contribution in [2.24, 2.45) is 5.92 Å². The molecule has 0 aliphatic carbocycles. The van der Waals surface area contributed by atoms with Gasteiger partial charge in [0.15, 0.2) is 0 Å². The molecule has 7 aromatic heterocycles. The van der Waals surface area contributed by atoms with E-state index in [1.165, 1.54) is 53.1 Å². The highest BCUT2D eigenvalue weighted by Crippen LogP contribution is 2.40. The van der Waals surface area contributed by atoms with E-state index in [0.717, 1.165) is 34.0 Å². The van der Waals surface area contributed by atoms with Crippen LogP contribution in [0.5, 0.6) is 0 Å². The number of amides is 6. The van der Waals surface area contributed by atoms with Crippen LogP contribution in [-0.4, -0.2) is 125 Å². The lowest BCUT2D eigenvalue weighted by Crippen LogP contribution is -2.40. The molecule has 0 radical (unpaired) electrons. The highest BCUT2D eigenvalue weighted by atomic mass is 32.1. The Morgan fingerprint density at radius 1 is 0.663 bits per heavy atom. The number of unbranched alkanes of at least 4 members (excludes halogenated alkanes) is 2. The molecular weight excluding hydrogens is 1260 g/mol. The molecule has 8 aromatic rings. The van der Waals surface area contributed by atoms with Gasteiger partial charge in [-0.05, 0) is 49.8 Å². The van der Waals surface area contributed by atoms with Crippen molar-refractivity contribution in [3.63, 3.8) is 0 Å². The van der Waals surface area contributed by atoms with Gasteiger partial charge in [0.25, 0.3) is 17.7 Å². The first-order valence-electron chi connectivity index (χ1n) is 28.0. The van der Waals surface area contributed by atoms with Crippen molar-refractivity contribution >= 4 is 121 Å². The number of aryl methyl sites for hydroxylation is 1. The second kappa shape index (κ2) is 29.9. The van der Waals surface area contributed by atoms with Crippen molar-refractivity contribution in [1.29, 1.82) is 0 Å². The van der Waals surface area contributed by atoms with E-state index in [9.17, 15) is 48.6 Å². The molecule has 0 saturated heterocycles. The van der Waals surface area contributed by atoms with E-state index >= 15 is 0 Å². The average molecular weight is 1320 g/mol. The van der Waals surface area contributed by atoms with E-state index in [1.54, 1.807) is 70.9 Å². The number of carboxylic acids is 2. The standard InChI is InChI=1S/C58H61N13O12S6/c1-28(2)44-58-70-47(37(89-58)23-83-5)51(81)60-22-40(73)67-48(49(79)30-13-8-6-9-14-30)57-65-36(26-86-57)55-63-34(24-85-55)46-31(53-64-35(25-84-53)50(80)62-33(21-39(72)59-4)56-69-45(29(3)88-56)52(82)68-44)18-19-32(61-46)54-66-38(27-87-54)71(20-12-17-43(77)78)41(74)15-10-7-11-16-42(75)76/h6,8-9,13-14,18-19,24-28,33,44,48-49,79H,7,10-12,15-17,20-23H2,1-5H3,(H,59,72)(H,60,81)(H,62,80)(H,67,73)(H,68,82)(H,75,76)(H,77,78)/t33-,44?,48-,49-/m0/s1. The predicted molar refractivity (Wildman–Crippen MR) is 337 cm³/mol. The summed E-state index contributed by atoms with van der Waals surface area (Å²) in [5.74, 6) is -5.22. The van der Waals surface area contributed by atoms with Crippen LogP contribution in [0.1, 0.15) is 151 Å². The van der Waals surface area contributed by atoms with Crippen LogP contribution >= 0.6 is 68.0 Å². The number of ether oxygens (including phenoxy) is 1. The van der Waals surface area contributed by atoms with Crippen LogP contribution in [0.25, 0.3) is 43.4 Å². The zero-order chi connectivity index (χ0) is 63.5. The first-order chi connectivity index (χ1) is 42.8. The van der Waals surface area contributed by atoms with Gasteiger partial charge in [0.05, 0.1) is 42.2 Å². The van der Waals surface area contributed by atoms with Crippen molar-refractivity contribution in [2.45, 2.75) is 103 Å². The number of methoxy groups -OCH3 is 1. The number of aromatic nitrogens is 7. The molecule has 1 aliphatic rings.